The number of rotatable bonds is 4. The molecule has 1 saturated carbocycles. The van der Waals surface area contributed by atoms with E-state index in [2.05, 4.69) is 0 Å². The Morgan fingerprint density at radius 1 is 1.22 bits per heavy atom. The van der Waals surface area contributed by atoms with Crippen LogP contribution in [0.1, 0.15) is 36.8 Å². The fraction of sp³-hybridized carbons (Fsp3) is 0.500. The van der Waals surface area contributed by atoms with Gasteiger partial charge in [0.05, 0.1) is 23.1 Å². The minimum absolute atomic E-state index is 0.00671. The van der Waals surface area contributed by atoms with E-state index >= 15 is 0 Å². The first kappa shape index (κ1) is 13.1. The molecule has 0 spiro atoms. The van der Waals surface area contributed by atoms with E-state index in [1.54, 1.807) is 24.3 Å². The molecule has 1 fully saturated rings. The zero-order valence-corrected chi connectivity index (χ0v) is 11.1. The van der Waals surface area contributed by atoms with E-state index in [-0.39, 0.29) is 11.5 Å². The summed E-state index contributed by atoms with van der Waals surface area (Å²) < 4.78 is 24.2. The van der Waals surface area contributed by atoms with Crippen LogP contribution in [0.4, 0.5) is 0 Å². The van der Waals surface area contributed by atoms with Gasteiger partial charge in [-0.3, -0.25) is 0 Å². The summed E-state index contributed by atoms with van der Waals surface area (Å²) in [6, 6.07) is 8.98. The fourth-order valence-corrected chi connectivity index (χ4v) is 4.48. The van der Waals surface area contributed by atoms with E-state index < -0.39 is 9.84 Å². The first-order valence-electron chi connectivity index (χ1n) is 6.29. The van der Waals surface area contributed by atoms with Gasteiger partial charge in [0.1, 0.15) is 0 Å². The molecular formula is C14H17NO2S. The summed E-state index contributed by atoms with van der Waals surface area (Å²) >= 11 is 0. The summed E-state index contributed by atoms with van der Waals surface area (Å²) in [6.07, 6.45) is 4.35. The lowest BCUT2D eigenvalue weighted by Gasteiger charge is -2.10. The van der Waals surface area contributed by atoms with Crippen LogP contribution >= 0.6 is 0 Å². The topological polar surface area (TPSA) is 57.9 Å². The molecular weight excluding hydrogens is 246 g/mol. The highest BCUT2D eigenvalue weighted by Crippen LogP contribution is 2.27. The lowest BCUT2D eigenvalue weighted by atomic mass is 10.1. The van der Waals surface area contributed by atoms with Gasteiger partial charge in [0.15, 0.2) is 9.84 Å². The van der Waals surface area contributed by atoms with Crippen LogP contribution in [0.3, 0.4) is 0 Å². The largest absolute Gasteiger partial charge is 0.228 e. The second-order valence-electron chi connectivity index (χ2n) is 4.97. The minimum atomic E-state index is -3.10. The highest BCUT2D eigenvalue weighted by atomic mass is 32.2. The normalized spacial score (nSPS) is 16.6. The lowest BCUT2D eigenvalue weighted by Crippen LogP contribution is -2.16. The van der Waals surface area contributed by atoms with Gasteiger partial charge in [-0.1, -0.05) is 31.0 Å². The second kappa shape index (κ2) is 5.53. The van der Waals surface area contributed by atoms with Crippen molar-refractivity contribution >= 4 is 9.84 Å². The van der Waals surface area contributed by atoms with Gasteiger partial charge in [0.2, 0.25) is 0 Å². The number of sulfone groups is 1. The monoisotopic (exact) mass is 263 g/mol. The number of hydrogen-bond acceptors (Lipinski definition) is 3. The van der Waals surface area contributed by atoms with Crippen LogP contribution in [0.5, 0.6) is 0 Å². The summed E-state index contributed by atoms with van der Waals surface area (Å²) in [7, 11) is -3.10. The van der Waals surface area contributed by atoms with E-state index in [1.165, 1.54) is 0 Å². The van der Waals surface area contributed by atoms with Crippen molar-refractivity contribution in [3.8, 4) is 6.07 Å². The van der Waals surface area contributed by atoms with Crippen molar-refractivity contribution < 1.29 is 8.42 Å². The Morgan fingerprint density at radius 3 is 2.56 bits per heavy atom. The average molecular weight is 263 g/mol. The quantitative estimate of drug-likeness (QED) is 0.839. The third-order valence-electron chi connectivity index (χ3n) is 3.48. The Balaban J connectivity index is 2.10. The van der Waals surface area contributed by atoms with Crippen molar-refractivity contribution in [1.82, 2.24) is 0 Å². The van der Waals surface area contributed by atoms with Gasteiger partial charge in [0.25, 0.3) is 0 Å². The maximum atomic E-state index is 12.1. The molecule has 0 atom stereocenters. The van der Waals surface area contributed by atoms with E-state index in [1.807, 2.05) is 6.07 Å². The molecule has 0 radical (unpaired) electrons. The van der Waals surface area contributed by atoms with Crippen molar-refractivity contribution in [3.05, 3.63) is 35.4 Å². The van der Waals surface area contributed by atoms with Crippen molar-refractivity contribution in [2.75, 3.05) is 5.75 Å². The van der Waals surface area contributed by atoms with Crippen LogP contribution in [0.15, 0.2) is 24.3 Å². The standard InChI is InChI=1S/C14H17NO2S/c15-9-13-7-3-4-8-14(13)11-18(16,17)10-12-5-1-2-6-12/h3-4,7-8,12H,1-2,5-6,10-11H2. The Labute approximate surface area is 108 Å². The van der Waals surface area contributed by atoms with Crippen LogP contribution < -0.4 is 0 Å². The van der Waals surface area contributed by atoms with Crippen molar-refractivity contribution in [3.63, 3.8) is 0 Å². The van der Waals surface area contributed by atoms with Crippen LogP contribution in [0.2, 0.25) is 0 Å². The van der Waals surface area contributed by atoms with E-state index in [9.17, 15) is 8.42 Å². The van der Waals surface area contributed by atoms with E-state index in [0.717, 1.165) is 25.7 Å². The summed E-state index contributed by atoms with van der Waals surface area (Å²) in [6.45, 7) is 0. The van der Waals surface area contributed by atoms with E-state index in [4.69, 9.17) is 5.26 Å². The zero-order valence-electron chi connectivity index (χ0n) is 10.3. The van der Waals surface area contributed by atoms with Gasteiger partial charge in [-0.25, -0.2) is 8.42 Å². The summed E-state index contributed by atoms with van der Waals surface area (Å²) in [5, 5.41) is 8.95. The van der Waals surface area contributed by atoms with Crippen LogP contribution in [-0.2, 0) is 15.6 Å². The molecule has 0 aliphatic heterocycles. The summed E-state index contributed by atoms with van der Waals surface area (Å²) in [5.41, 5.74) is 1.09. The van der Waals surface area contributed by atoms with Crippen molar-refractivity contribution in [2.24, 2.45) is 5.92 Å². The molecule has 0 bridgehead atoms. The molecule has 1 aliphatic carbocycles. The van der Waals surface area contributed by atoms with Crippen LogP contribution in [0.25, 0.3) is 0 Å². The Hall–Kier alpha value is -1.34. The SMILES string of the molecule is N#Cc1ccccc1CS(=O)(=O)CC1CCCC1. The van der Waals surface area contributed by atoms with Gasteiger partial charge in [0, 0.05) is 0 Å². The predicted molar refractivity (Wildman–Crippen MR) is 70.6 cm³/mol. The summed E-state index contributed by atoms with van der Waals surface area (Å²) in [5.74, 6) is 0.587. The molecule has 0 aromatic heterocycles. The summed E-state index contributed by atoms with van der Waals surface area (Å²) in [4.78, 5) is 0. The maximum Gasteiger partial charge on any atom is 0.154 e. The van der Waals surface area contributed by atoms with Gasteiger partial charge >= 0.3 is 0 Å². The third kappa shape index (κ3) is 3.33. The molecule has 0 heterocycles. The zero-order chi connectivity index (χ0) is 13.0. The molecule has 1 aromatic carbocycles. The van der Waals surface area contributed by atoms with Crippen LogP contribution in [-0.4, -0.2) is 14.2 Å². The molecule has 0 saturated heterocycles. The Morgan fingerprint density at radius 2 is 1.89 bits per heavy atom. The maximum absolute atomic E-state index is 12.1. The molecule has 96 valence electrons. The number of hydrogen-bond donors (Lipinski definition) is 0. The molecule has 3 nitrogen and oxygen atoms in total. The highest BCUT2D eigenvalue weighted by molar-refractivity contribution is 7.90. The van der Waals surface area contributed by atoms with Crippen LogP contribution in [0, 0.1) is 17.2 Å². The second-order valence-corrected chi connectivity index (χ2v) is 7.08. The number of nitrogens with zero attached hydrogens (tertiary/aromatic N) is 1. The van der Waals surface area contributed by atoms with Gasteiger partial charge < -0.3 is 0 Å². The first-order valence-corrected chi connectivity index (χ1v) is 8.11. The number of nitriles is 1. The molecule has 0 amide bonds. The minimum Gasteiger partial charge on any atom is -0.228 e. The molecule has 2 rings (SSSR count). The van der Waals surface area contributed by atoms with Crippen molar-refractivity contribution in [2.45, 2.75) is 31.4 Å². The number of benzene rings is 1. The van der Waals surface area contributed by atoms with Gasteiger partial charge in [-0.15, -0.1) is 0 Å². The Kier molecular flexibility index (Phi) is 4.03. The lowest BCUT2D eigenvalue weighted by molar-refractivity contribution is 0.558. The smallest absolute Gasteiger partial charge is 0.154 e. The molecule has 18 heavy (non-hydrogen) atoms. The molecule has 4 heteroatoms. The van der Waals surface area contributed by atoms with Crippen molar-refractivity contribution in [1.29, 1.82) is 5.26 Å². The van der Waals surface area contributed by atoms with Gasteiger partial charge in [-0.05, 0) is 30.4 Å². The molecule has 0 N–H and O–H groups in total. The first-order chi connectivity index (χ1) is 8.61. The highest BCUT2D eigenvalue weighted by Gasteiger charge is 2.23. The fourth-order valence-electron chi connectivity index (χ4n) is 2.59. The predicted octanol–water partition coefficient (Wildman–Crippen LogP) is 2.66. The Bertz CT molecular complexity index is 551. The van der Waals surface area contributed by atoms with E-state index in [0.29, 0.717) is 17.0 Å². The molecule has 1 aromatic rings. The average Bonchev–Trinajstić information content (AvgIpc) is 2.81. The molecule has 1 aliphatic rings. The molecule has 0 unspecified atom stereocenters. The van der Waals surface area contributed by atoms with Gasteiger partial charge in [-0.2, -0.15) is 5.26 Å². The third-order valence-corrected chi connectivity index (χ3v) is 5.21.